The molecule has 1 fully saturated rings. The highest BCUT2D eigenvalue weighted by atomic mass is 35.5. The number of halogens is 1. The van der Waals surface area contributed by atoms with Crippen LogP contribution in [0.5, 0.6) is 0 Å². The van der Waals surface area contributed by atoms with E-state index in [1.54, 1.807) is 0 Å². The first-order valence-electron chi connectivity index (χ1n) is 6.25. The number of nitrogens with one attached hydrogen (secondary N) is 1. The second-order valence-electron chi connectivity index (χ2n) is 4.43. The third-order valence-corrected chi connectivity index (χ3v) is 3.42. The van der Waals surface area contributed by atoms with Crippen molar-refractivity contribution in [2.24, 2.45) is 5.92 Å². The van der Waals surface area contributed by atoms with E-state index in [2.05, 4.69) is 12.2 Å². The molecule has 90 valence electrons. The normalized spacial score (nSPS) is 26.8. The molecule has 0 aromatic rings. The van der Waals surface area contributed by atoms with E-state index in [4.69, 9.17) is 16.3 Å². The van der Waals surface area contributed by atoms with Crippen LogP contribution >= 0.6 is 11.6 Å². The molecule has 0 radical (unpaired) electrons. The second kappa shape index (κ2) is 8.37. The Morgan fingerprint density at radius 3 is 2.60 bits per heavy atom. The van der Waals surface area contributed by atoms with Crippen LogP contribution in [0, 0.1) is 5.92 Å². The summed E-state index contributed by atoms with van der Waals surface area (Å²) in [6.07, 6.45) is 6.08. The summed E-state index contributed by atoms with van der Waals surface area (Å²) in [4.78, 5) is 0. The van der Waals surface area contributed by atoms with Crippen LogP contribution in [0.25, 0.3) is 0 Å². The van der Waals surface area contributed by atoms with E-state index in [-0.39, 0.29) is 0 Å². The summed E-state index contributed by atoms with van der Waals surface area (Å²) >= 11 is 6.06. The van der Waals surface area contributed by atoms with Crippen molar-refractivity contribution < 1.29 is 4.74 Å². The van der Waals surface area contributed by atoms with E-state index in [0.717, 1.165) is 38.6 Å². The summed E-state index contributed by atoms with van der Waals surface area (Å²) in [5.41, 5.74) is 0. The first-order chi connectivity index (χ1) is 7.33. The largest absolute Gasteiger partial charge is 0.380 e. The van der Waals surface area contributed by atoms with E-state index in [9.17, 15) is 0 Å². The zero-order chi connectivity index (χ0) is 10.9. The molecule has 0 bridgehead atoms. The molecule has 0 amide bonds. The van der Waals surface area contributed by atoms with Gasteiger partial charge in [-0.2, -0.15) is 0 Å². The average Bonchev–Trinajstić information content (AvgIpc) is 2.26. The first kappa shape index (κ1) is 13.3. The molecule has 0 aromatic heterocycles. The average molecular weight is 234 g/mol. The van der Waals surface area contributed by atoms with Crippen LogP contribution in [0.3, 0.4) is 0 Å². The molecule has 0 aromatic carbocycles. The van der Waals surface area contributed by atoms with Gasteiger partial charge in [-0.15, -0.1) is 11.6 Å². The molecule has 0 aliphatic heterocycles. The smallest absolute Gasteiger partial charge is 0.0590 e. The summed E-state index contributed by atoms with van der Waals surface area (Å²) in [7, 11) is 0. The number of alkyl halides is 1. The van der Waals surface area contributed by atoms with Gasteiger partial charge in [0.05, 0.1) is 6.61 Å². The van der Waals surface area contributed by atoms with Gasteiger partial charge in [-0.25, -0.2) is 0 Å². The van der Waals surface area contributed by atoms with Crippen molar-refractivity contribution in [2.75, 3.05) is 26.3 Å². The molecule has 1 saturated carbocycles. The van der Waals surface area contributed by atoms with Gasteiger partial charge in [0, 0.05) is 18.5 Å². The topological polar surface area (TPSA) is 21.3 Å². The van der Waals surface area contributed by atoms with Gasteiger partial charge >= 0.3 is 0 Å². The molecule has 0 unspecified atom stereocenters. The molecule has 2 nitrogen and oxygen atoms in total. The molecule has 1 N–H and O–H groups in total. The van der Waals surface area contributed by atoms with Gasteiger partial charge in [0.2, 0.25) is 0 Å². The highest BCUT2D eigenvalue weighted by molar-refractivity contribution is 6.20. The maximum Gasteiger partial charge on any atom is 0.0590 e. The number of ether oxygens (including phenoxy) is 1. The lowest BCUT2D eigenvalue weighted by Gasteiger charge is -2.25. The van der Waals surface area contributed by atoms with Gasteiger partial charge < -0.3 is 10.1 Å². The zero-order valence-corrected chi connectivity index (χ0v) is 10.6. The second-order valence-corrected chi connectivity index (χ2v) is 5.05. The van der Waals surface area contributed by atoms with Crippen molar-refractivity contribution in [2.45, 2.75) is 44.4 Å². The lowest BCUT2D eigenvalue weighted by molar-refractivity contribution is 0.135. The summed E-state index contributed by atoms with van der Waals surface area (Å²) in [5, 5.41) is 3.90. The Bertz CT molecular complexity index is 147. The van der Waals surface area contributed by atoms with E-state index in [1.165, 1.54) is 25.7 Å². The van der Waals surface area contributed by atoms with Crippen LogP contribution in [0.1, 0.15) is 39.0 Å². The van der Waals surface area contributed by atoms with Crippen LogP contribution in [-0.4, -0.2) is 31.7 Å². The minimum Gasteiger partial charge on any atom is -0.380 e. The minimum atomic E-state index is 0.439. The maximum atomic E-state index is 6.06. The standard InChI is InChI=1S/C12H24ClNO/c1-2-8-15-9-7-14-10-11-3-5-12(13)6-4-11/h11-12,14H,2-10H2,1H3. The predicted molar refractivity (Wildman–Crippen MR) is 65.6 cm³/mol. The SMILES string of the molecule is CCCOCCNCC1CCC(Cl)CC1. The molecular weight excluding hydrogens is 210 g/mol. The van der Waals surface area contributed by atoms with E-state index in [1.807, 2.05) is 0 Å². The molecule has 1 aliphatic carbocycles. The fraction of sp³-hybridized carbons (Fsp3) is 1.00. The summed E-state index contributed by atoms with van der Waals surface area (Å²) in [5.74, 6) is 0.839. The molecule has 15 heavy (non-hydrogen) atoms. The van der Waals surface area contributed by atoms with Gasteiger partial charge in [0.1, 0.15) is 0 Å². The Kier molecular flexibility index (Phi) is 7.41. The zero-order valence-electron chi connectivity index (χ0n) is 9.80. The fourth-order valence-electron chi connectivity index (χ4n) is 2.02. The Morgan fingerprint density at radius 2 is 1.93 bits per heavy atom. The summed E-state index contributed by atoms with van der Waals surface area (Å²) in [6.45, 7) is 6.00. The van der Waals surface area contributed by atoms with E-state index >= 15 is 0 Å². The molecule has 1 aliphatic rings. The molecule has 0 saturated heterocycles. The molecule has 1 rings (SSSR count). The number of hydrogen-bond acceptors (Lipinski definition) is 2. The van der Waals surface area contributed by atoms with E-state index in [0.29, 0.717) is 5.38 Å². The van der Waals surface area contributed by atoms with Gasteiger partial charge in [0.15, 0.2) is 0 Å². The minimum absolute atomic E-state index is 0.439. The highest BCUT2D eigenvalue weighted by Gasteiger charge is 2.18. The Labute approximate surface area is 98.7 Å². The summed E-state index contributed by atoms with van der Waals surface area (Å²) < 4.78 is 5.41. The molecule has 3 heteroatoms. The van der Waals surface area contributed by atoms with Crippen LogP contribution < -0.4 is 5.32 Å². The fourth-order valence-corrected chi connectivity index (χ4v) is 2.27. The van der Waals surface area contributed by atoms with Crippen molar-refractivity contribution in [1.82, 2.24) is 5.32 Å². The molecular formula is C12H24ClNO. The van der Waals surface area contributed by atoms with Crippen LogP contribution in [0.15, 0.2) is 0 Å². The lowest BCUT2D eigenvalue weighted by atomic mass is 9.89. The maximum absolute atomic E-state index is 6.06. The Balaban J connectivity index is 1.87. The van der Waals surface area contributed by atoms with Crippen molar-refractivity contribution in [3.63, 3.8) is 0 Å². The predicted octanol–water partition coefficient (Wildman–Crippen LogP) is 2.80. The molecule has 0 spiro atoms. The monoisotopic (exact) mass is 233 g/mol. The Morgan fingerprint density at radius 1 is 1.20 bits per heavy atom. The van der Waals surface area contributed by atoms with Crippen molar-refractivity contribution in [3.8, 4) is 0 Å². The van der Waals surface area contributed by atoms with Crippen molar-refractivity contribution in [3.05, 3.63) is 0 Å². The van der Waals surface area contributed by atoms with Crippen LogP contribution in [0.2, 0.25) is 0 Å². The van der Waals surface area contributed by atoms with Crippen molar-refractivity contribution in [1.29, 1.82) is 0 Å². The van der Waals surface area contributed by atoms with E-state index < -0.39 is 0 Å². The van der Waals surface area contributed by atoms with Gasteiger partial charge in [-0.05, 0) is 44.6 Å². The Hall–Kier alpha value is 0.210. The van der Waals surface area contributed by atoms with Gasteiger partial charge in [-0.1, -0.05) is 6.92 Å². The first-order valence-corrected chi connectivity index (χ1v) is 6.69. The molecule has 0 heterocycles. The number of rotatable bonds is 7. The lowest BCUT2D eigenvalue weighted by Crippen LogP contribution is -2.29. The third-order valence-electron chi connectivity index (χ3n) is 2.98. The van der Waals surface area contributed by atoms with Crippen molar-refractivity contribution >= 4 is 11.6 Å². The third kappa shape index (κ3) is 6.39. The van der Waals surface area contributed by atoms with Gasteiger partial charge in [0.25, 0.3) is 0 Å². The van der Waals surface area contributed by atoms with Gasteiger partial charge in [-0.3, -0.25) is 0 Å². The van der Waals surface area contributed by atoms with Crippen LogP contribution in [0.4, 0.5) is 0 Å². The quantitative estimate of drug-likeness (QED) is 0.540. The highest BCUT2D eigenvalue weighted by Crippen LogP contribution is 2.26. The molecule has 0 atom stereocenters. The number of hydrogen-bond donors (Lipinski definition) is 1. The summed E-state index contributed by atoms with van der Waals surface area (Å²) in [6, 6.07) is 0. The van der Waals surface area contributed by atoms with Crippen LogP contribution in [-0.2, 0) is 4.74 Å².